The van der Waals surface area contributed by atoms with E-state index in [0.717, 1.165) is 24.3 Å². The number of nitrogens with one attached hydrogen (secondary N) is 1. The number of hydrogen-bond acceptors (Lipinski definition) is 6. The third kappa shape index (κ3) is 3.40. The van der Waals surface area contributed by atoms with Crippen LogP contribution in [0.3, 0.4) is 0 Å². The molecule has 2 aromatic rings. The number of rotatable bonds is 7. The number of anilines is 2. The predicted octanol–water partition coefficient (Wildman–Crippen LogP) is 1.33. The normalized spacial score (nSPS) is 10.5. The van der Waals surface area contributed by atoms with E-state index >= 15 is 0 Å². The van der Waals surface area contributed by atoms with Gasteiger partial charge in [0, 0.05) is 32.4 Å². The molecule has 1 amide bonds. The summed E-state index contributed by atoms with van der Waals surface area (Å²) in [5, 5.41) is 3.68. The van der Waals surface area contributed by atoms with Crippen molar-refractivity contribution in [2.45, 2.75) is 19.9 Å². The SMILES string of the molecule is CC(=O)c1sc(NCCCn2ccnc2)c(C(N)=O)c1N. The molecule has 0 aromatic carbocycles. The lowest BCUT2D eigenvalue weighted by Gasteiger charge is -2.06. The molecule has 2 heterocycles. The first kappa shape index (κ1) is 15.0. The third-order valence-corrected chi connectivity index (χ3v) is 4.21. The van der Waals surface area contributed by atoms with Gasteiger partial charge in [0.25, 0.3) is 5.91 Å². The zero-order valence-corrected chi connectivity index (χ0v) is 12.4. The molecule has 112 valence electrons. The Labute approximate surface area is 126 Å². The summed E-state index contributed by atoms with van der Waals surface area (Å²) in [6.45, 7) is 2.85. The quantitative estimate of drug-likeness (QED) is 0.527. The molecule has 0 bridgehead atoms. The van der Waals surface area contributed by atoms with Crippen LogP contribution in [0.25, 0.3) is 0 Å². The van der Waals surface area contributed by atoms with Crippen LogP contribution in [0.1, 0.15) is 33.4 Å². The number of hydrogen-bond donors (Lipinski definition) is 3. The van der Waals surface area contributed by atoms with E-state index in [4.69, 9.17) is 11.5 Å². The minimum atomic E-state index is -0.631. The second-order valence-electron chi connectivity index (χ2n) is 4.55. The van der Waals surface area contributed by atoms with Gasteiger partial charge in [-0.1, -0.05) is 0 Å². The molecule has 0 saturated carbocycles. The number of nitrogen functional groups attached to an aromatic ring is 1. The van der Waals surface area contributed by atoms with Crippen molar-refractivity contribution in [3.05, 3.63) is 29.2 Å². The number of carbonyl (C=O) groups excluding carboxylic acids is 2. The molecule has 5 N–H and O–H groups in total. The van der Waals surface area contributed by atoms with Crippen molar-refractivity contribution in [2.24, 2.45) is 5.73 Å². The number of carbonyl (C=O) groups is 2. The first-order valence-corrected chi connectivity index (χ1v) is 7.25. The van der Waals surface area contributed by atoms with E-state index in [1.807, 2.05) is 10.8 Å². The third-order valence-electron chi connectivity index (χ3n) is 2.95. The molecule has 2 aromatic heterocycles. The number of nitrogens with two attached hydrogens (primary N) is 2. The standard InChI is InChI=1S/C13H17N5O2S/c1-8(19)11-10(14)9(12(15)20)13(21-11)17-3-2-5-18-6-4-16-7-18/h4,6-7,17H,2-3,5,14H2,1H3,(H2,15,20). The summed E-state index contributed by atoms with van der Waals surface area (Å²) in [5.41, 5.74) is 11.5. The van der Waals surface area contributed by atoms with Crippen molar-refractivity contribution in [3.8, 4) is 0 Å². The summed E-state index contributed by atoms with van der Waals surface area (Å²) in [6.07, 6.45) is 6.18. The molecule has 21 heavy (non-hydrogen) atoms. The van der Waals surface area contributed by atoms with E-state index in [0.29, 0.717) is 16.4 Å². The molecule has 0 unspecified atom stereocenters. The molecule has 7 nitrogen and oxygen atoms in total. The monoisotopic (exact) mass is 307 g/mol. The number of thiophene rings is 1. The van der Waals surface area contributed by atoms with Crippen molar-refractivity contribution in [2.75, 3.05) is 17.6 Å². The molecule has 0 atom stereocenters. The van der Waals surface area contributed by atoms with Gasteiger partial charge in [-0.25, -0.2) is 4.98 Å². The fourth-order valence-corrected chi connectivity index (χ4v) is 3.00. The predicted molar refractivity (Wildman–Crippen MR) is 82.6 cm³/mol. The number of imidazole rings is 1. The van der Waals surface area contributed by atoms with Crippen molar-refractivity contribution >= 4 is 33.7 Å². The molecule has 0 fully saturated rings. The highest BCUT2D eigenvalue weighted by Gasteiger charge is 2.21. The van der Waals surface area contributed by atoms with Crippen LogP contribution in [0.4, 0.5) is 10.7 Å². The number of primary amides is 1. The molecule has 0 saturated heterocycles. The van der Waals surface area contributed by atoms with E-state index in [-0.39, 0.29) is 17.0 Å². The van der Waals surface area contributed by atoms with Crippen LogP contribution >= 0.6 is 11.3 Å². The number of ketones is 1. The van der Waals surface area contributed by atoms with E-state index in [9.17, 15) is 9.59 Å². The van der Waals surface area contributed by atoms with Gasteiger partial charge in [-0.3, -0.25) is 9.59 Å². The summed E-state index contributed by atoms with van der Waals surface area (Å²) in [7, 11) is 0. The van der Waals surface area contributed by atoms with E-state index in [2.05, 4.69) is 10.3 Å². The highest BCUT2D eigenvalue weighted by molar-refractivity contribution is 7.19. The Morgan fingerprint density at radius 3 is 2.81 bits per heavy atom. The maximum atomic E-state index is 11.5. The maximum Gasteiger partial charge on any atom is 0.253 e. The topological polar surface area (TPSA) is 116 Å². The molecule has 0 aliphatic heterocycles. The number of Topliss-reactive ketones (excluding diaryl/α,β-unsaturated/α-hetero) is 1. The molecule has 2 rings (SSSR count). The van der Waals surface area contributed by atoms with Crippen LogP contribution in [0, 0.1) is 0 Å². The Hall–Kier alpha value is -2.35. The lowest BCUT2D eigenvalue weighted by molar-refractivity contribution is 0.100. The van der Waals surface area contributed by atoms with Crippen LogP contribution < -0.4 is 16.8 Å². The van der Waals surface area contributed by atoms with Gasteiger partial charge in [0.05, 0.1) is 22.5 Å². The highest BCUT2D eigenvalue weighted by Crippen LogP contribution is 2.35. The van der Waals surface area contributed by atoms with Crippen molar-refractivity contribution in [1.82, 2.24) is 9.55 Å². The van der Waals surface area contributed by atoms with Crippen molar-refractivity contribution < 1.29 is 9.59 Å². The van der Waals surface area contributed by atoms with E-state index < -0.39 is 5.91 Å². The Morgan fingerprint density at radius 2 is 2.24 bits per heavy atom. The summed E-state index contributed by atoms with van der Waals surface area (Å²) in [6, 6.07) is 0. The molecule has 0 aliphatic carbocycles. The number of aromatic nitrogens is 2. The minimum Gasteiger partial charge on any atom is -0.397 e. The fraction of sp³-hybridized carbons (Fsp3) is 0.308. The molecular formula is C13H17N5O2S. The van der Waals surface area contributed by atoms with Crippen LogP contribution in [-0.4, -0.2) is 27.8 Å². The summed E-state index contributed by atoms with van der Waals surface area (Å²) < 4.78 is 1.96. The number of aryl methyl sites for hydroxylation is 1. The highest BCUT2D eigenvalue weighted by atomic mass is 32.1. The minimum absolute atomic E-state index is 0.164. The second-order valence-corrected chi connectivity index (χ2v) is 5.57. The zero-order chi connectivity index (χ0) is 15.4. The van der Waals surface area contributed by atoms with Crippen LogP contribution in [-0.2, 0) is 6.54 Å². The van der Waals surface area contributed by atoms with Gasteiger partial charge in [-0.15, -0.1) is 11.3 Å². The van der Waals surface area contributed by atoms with Gasteiger partial charge in [0.1, 0.15) is 5.00 Å². The molecular weight excluding hydrogens is 290 g/mol. The first-order chi connectivity index (χ1) is 10.0. The summed E-state index contributed by atoms with van der Waals surface area (Å²) in [5.74, 6) is -0.806. The molecule has 8 heteroatoms. The van der Waals surface area contributed by atoms with Crippen LogP contribution in [0.2, 0.25) is 0 Å². The summed E-state index contributed by atoms with van der Waals surface area (Å²) >= 11 is 1.16. The van der Waals surface area contributed by atoms with E-state index in [1.165, 1.54) is 6.92 Å². The van der Waals surface area contributed by atoms with Gasteiger partial charge in [-0.05, 0) is 6.42 Å². The number of nitrogens with zero attached hydrogens (tertiary/aromatic N) is 2. The lowest BCUT2D eigenvalue weighted by Crippen LogP contribution is -2.15. The summed E-state index contributed by atoms with van der Waals surface area (Å²) in [4.78, 5) is 27.3. The average Bonchev–Trinajstić information content (AvgIpc) is 3.02. The van der Waals surface area contributed by atoms with Crippen LogP contribution in [0.5, 0.6) is 0 Å². The van der Waals surface area contributed by atoms with E-state index in [1.54, 1.807) is 12.5 Å². The Balaban J connectivity index is 2.03. The zero-order valence-electron chi connectivity index (χ0n) is 11.6. The maximum absolute atomic E-state index is 11.5. The number of amides is 1. The van der Waals surface area contributed by atoms with Crippen LogP contribution in [0.15, 0.2) is 18.7 Å². The fourth-order valence-electron chi connectivity index (χ4n) is 1.96. The Kier molecular flexibility index (Phi) is 4.59. The van der Waals surface area contributed by atoms with Crippen molar-refractivity contribution in [1.29, 1.82) is 0 Å². The van der Waals surface area contributed by atoms with Gasteiger partial charge < -0.3 is 21.4 Å². The Morgan fingerprint density at radius 1 is 1.48 bits per heavy atom. The smallest absolute Gasteiger partial charge is 0.253 e. The van der Waals surface area contributed by atoms with Gasteiger partial charge in [-0.2, -0.15) is 0 Å². The lowest BCUT2D eigenvalue weighted by atomic mass is 10.2. The Bertz CT molecular complexity index is 648. The largest absolute Gasteiger partial charge is 0.397 e. The average molecular weight is 307 g/mol. The van der Waals surface area contributed by atoms with Gasteiger partial charge in [0.2, 0.25) is 0 Å². The first-order valence-electron chi connectivity index (χ1n) is 6.43. The molecule has 0 radical (unpaired) electrons. The second kappa shape index (κ2) is 6.40. The van der Waals surface area contributed by atoms with Gasteiger partial charge >= 0.3 is 0 Å². The van der Waals surface area contributed by atoms with Crippen molar-refractivity contribution in [3.63, 3.8) is 0 Å². The molecule has 0 aliphatic rings. The molecule has 0 spiro atoms. The van der Waals surface area contributed by atoms with Gasteiger partial charge in [0.15, 0.2) is 5.78 Å².